The lowest BCUT2D eigenvalue weighted by Gasteiger charge is -2.24. The lowest BCUT2D eigenvalue weighted by Crippen LogP contribution is -2.40. The molecular weight excluding hydrogens is 427 g/mol. The molecule has 0 aromatic heterocycles. The first-order chi connectivity index (χ1) is 14.3. The quantitative estimate of drug-likeness (QED) is 0.630. The fourth-order valence-corrected chi connectivity index (χ4v) is 5.70. The Morgan fingerprint density at radius 2 is 1.70 bits per heavy atom. The summed E-state index contributed by atoms with van der Waals surface area (Å²) in [4.78, 5) is 15.7. The number of thioether (sulfide) groups is 1. The maximum atomic E-state index is 13.1. The minimum absolute atomic E-state index is 0.0168. The second-order valence-corrected chi connectivity index (χ2v) is 10.3. The molecule has 0 spiro atoms. The number of nitrogens with zero attached hydrogens (tertiary/aromatic N) is 2. The van der Waals surface area contributed by atoms with Crippen molar-refractivity contribution in [1.82, 2.24) is 9.21 Å². The molecule has 1 aliphatic heterocycles. The van der Waals surface area contributed by atoms with E-state index in [4.69, 9.17) is 4.74 Å². The highest BCUT2D eigenvalue weighted by atomic mass is 32.2. The highest BCUT2D eigenvalue weighted by Gasteiger charge is 2.29. The third kappa shape index (κ3) is 5.33. The highest BCUT2D eigenvalue weighted by molar-refractivity contribution is 8.00. The minimum atomic E-state index is -3.72. The molecule has 0 N–H and O–H groups in total. The van der Waals surface area contributed by atoms with E-state index in [1.54, 1.807) is 12.0 Å². The maximum absolute atomic E-state index is 13.1. The van der Waals surface area contributed by atoms with Gasteiger partial charge in [0, 0.05) is 31.1 Å². The van der Waals surface area contributed by atoms with E-state index in [0.717, 1.165) is 22.8 Å². The summed E-state index contributed by atoms with van der Waals surface area (Å²) in [5.41, 5.74) is 0. The Kier molecular flexibility index (Phi) is 7.38. The number of amides is 1. The number of benzene rings is 2. The third-order valence-electron chi connectivity index (χ3n) is 4.94. The molecule has 2 aromatic carbocycles. The molecule has 1 heterocycles. The molecule has 30 heavy (non-hydrogen) atoms. The van der Waals surface area contributed by atoms with Gasteiger partial charge in [-0.2, -0.15) is 4.31 Å². The number of carbonyl (C=O) groups excluding carboxylic acids is 1. The average molecular weight is 453 g/mol. The van der Waals surface area contributed by atoms with E-state index in [0.29, 0.717) is 26.1 Å². The van der Waals surface area contributed by atoms with Crippen LogP contribution < -0.4 is 4.74 Å². The molecule has 1 saturated heterocycles. The molecule has 0 bridgehead atoms. The topological polar surface area (TPSA) is 66.9 Å². The first-order valence-corrected chi connectivity index (χ1v) is 12.0. The summed E-state index contributed by atoms with van der Waals surface area (Å²) in [5, 5.41) is -0.293. The van der Waals surface area contributed by atoms with E-state index in [9.17, 15) is 17.6 Å². The van der Waals surface area contributed by atoms with Crippen molar-refractivity contribution < 1.29 is 22.3 Å². The molecule has 9 heteroatoms. The van der Waals surface area contributed by atoms with E-state index in [2.05, 4.69) is 0 Å². The number of carbonyl (C=O) groups is 1. The molecule has 3 rings (SSSR count). The lowest BCUT2D eigenvalue weighted by molar-refractivity contribution is -0.130. The first-order valence-electron chi connectivity index (χ1n) is 9.66. The smallest absolute Gasteiger partial charge is 0.243 e. The van der Waals surface area contributed by atoms with Crippen molar-refractivity contribution in [1.29, 1.82) is 0 Å². The van der Waals surface area contributed by atoms with Crippen LogP contribution in [0.25, 0.3) is 0 Å². The van der Waals surface area contributed by atoms with Crippen LogP contribution in [0.3, 0.4) is 0 Å². The van der Waals surface area contributed by atoms with Crippen molar-refractivity contribution in [3.8, 4) is 5.75 Å². The number of methoxy groups -OCH3 is 1. The van der Waals surface area contributed by atoms with Crippen LogP contribution in [0.15, 0.2) is 58.3 Å². The number of ether oxygens (including phenoxy) is 1. The lowest BCUT2D eigenvalue weighted by atomic mass is 10.3. The summed E-state index contributed by atoms with van der Waals surface area (Å²) in [7, 11) is -2.11. The van der Waals surface area contributed by atoms with Crippen LogP contribution in [0, 0.1) is 5.82 Å². The Balaban J connectivity index is 1.62. The van der Waals surface area contributed by atoms with Crippen molar-refractivity contribution >= 4 is 27.7 Å². The summed E-state index contributed by atoms with van der Waals surface area (Å²) in [6.07, 6.45) is 0.548. The molecule has 0 saturated carbocycles. The Morgan fingerprint density at radius 3 is 2.33 bits per heavy atom. The van der Waals surface area contributed by atoms with Gasteiger partial charge >= 0.3 is 0 Å². The van der Waals surface area contributed by atoms with E-state index in [-0.39, 0.29) is 22.6 Å². The van der Waals surface area contributed by atoms with E-state index in [1.165, 1.54) is 28.2 Å². The summed E-state index contributed by atoms with van der Waals surface area (Å²) in [6.45, 7) is 3.22. The van der Waals surface area contributed by atoms with Crippen LogP contribution in [0.2, 0.25) is 0 Å². The molecule has 1 unspecified atom stereocenters. The predicted octanol–water partition coefficient (Wildman–Crippen LogP) is 3.24. The number of halogens is 1. The van der Waals surface area contributed by atoms with Crippen molar-refractivity contribution in [2.45, 2.75) is 28.4 Å². The van der Waals surface area contributed by atoms with Gasteiger partial charge < -0.3 is 9.64 Å². The van der Waals surface area contributed by atoms with Crippen molar-refractivity contribution in [3.05, 3.63) is 54.3 Å². The van der Waals surface area contributed by atoms with Gasteiger partial charge in [0.2, 0.25) is 15.9 Å². The van der Waals surface area contributed by atoms with Gasteiger partial charge in [-0.1, -0.05) is 0 Å². The summed E-state index contributed by atoms with van der Waals surface area (Å²) >= 11 is 1.46. The van der Waals surface area contributed by atoms with E-state index < -0.39 is 15.8 Å². The molecule has 0 aliphatic carbocycles. The zero-order valence-corrected chi connectivity index (χ0v) is 18.6. The average Bonchev–Trinajstić information content (AvgIpc) is 3.01. The molecule has 1 aliphatic rings. The zero-order valence-electron chi connectivity index (χ0n) is 17.0. The molecule has 1 amide bonds. The van der Waals surface area contributed by atoms with Crippen LogP contribution in [0.1, 0.15) is 13.3 Å². The van der Waals surface area contributed by atoms with Crippen molar-refractivity contribution in [2.24, 2.45) is 0 Å². The van der Waals surface area contributed by atoms with Gasteiger partial charge in [0.15, 0.2) is 0 Å². The first kappa shape index (κ1) is 22.6. The van der Waals surface area contributed by atoms with Gasteiger partial charge in [-0.15, -0.1) is 11.8 Å². The van der Waals surface area contributed by atoms with Crippen LogP contribution in [-0.4, -0.2) is 62.1 Å². The largest absolute Gasteiger partial charge is 0.497 e. The number of hydrogen-bond acceptors (Lipinski definition) is 5. The van der Waals surface area contributed by atoms with Crippen LogP contribution in [0.5, 0.6) is 5.75 Å². The van der Waals surface area contributed by atoms with Gasteiger partial charge in [0.05, 0.1) is 17.3 Å². The molecule has 1 fully saturated rings. The third-order valence-corrected chi connectivity index (χ3v) is 7.95. The molecule has 2 aromatic rings. The fraction of sp³-hybridized carbons (Fsp3) is 0.381. The van der Waals surface area contributed by atoms with Gasteiger partial charge in [-0.25, -0.2) is 12.8 Å². The maximum Gasteiger partial charge on any atom is 0.243 e. The van der Waals surface area contributed by atoms with Crippen LogP contribution in [0.4, 0.5) is 4.39 Å². The monoisotopic (exact) mass is 452 g/mol. The predicted molar refractivity (Wildman–Crippen MR) is 115 cm³/mol. The Morgan fingerprint density at radius 1 is 1.03 bits per heavy atom. The van der Waals surface area contributed by atoms with Crippen LogP contribution >= 0.6 is 11.8 Å². The molecule has 1 atom stereocenters. The standard InChI is InChI=1S/C21H25FN2O4S2/c1-16(29-19-8-6-18(28-2)7-9-19)21(25)23-12-3-13-24(15-14-23)30(26,27)20-10-4-17(22)5-11-20/h4-11,16H,3,12-15H2,1-2H3. The second kappa shape index (κ2) is 9.80. The zero-order chi connectivity index (χ0) is 21.7. The Labute approximate surface area is 181 Å². The summed E-state index contributed by atoms with van der Waals surface area (Å²) in [6, 6.07) is 12.3. The number of hydrogen-bond donors (Lipinski definition) is 0. The normalized spacial score (nSPS) is 16.7. The molecule has 6 nitrogen and oxygen atoms in total. The second-order valence-electron chi connectivity index (χ2n) is 6.97. The Bertz CT molecular complexity index is 966. The highest BCUT2D eigenvalue weighted by Crippen LogP contribution is 2.27. The van der Waals surface area contributed by atoms with Gasteiger partial charge in [-0.3, -0.25) is 4.79 Å². The van der Waals surface area contributed by atoms with Crippen LogP contribution in [-0.2, 0) is 14.8 Å². The number of rotatable bonds is 6. The molecule has 0 radical (unpaired) electrons. The Hall–Kier alpha value is -2.10. The van der Waals surface area contributed by atoms with Gasteiger partial charge in [-0.05, 0) is 61.9 Å². The SMILES string of the molecule is COc1ccc(SC(C)C(=O)N2CCCN(S(=O)(=O)c3ccc(F)cc3)CC2)cc1. The van der Waals surface area contributed by atoms with Gasteiger partial charge in [0.25, 0.3) is 0 Å². The fourth-order valence-electron chi connectivity index (χ4n) is 3.28. The van der Waals surface area contributed by atoms with Crippen molar-refractivity contribution in [2.75, 3.05) is 33.3 Å². The van der Waals surface area contributed by atoms with Crippen molar-refractivity contribution in [3.63, 3.8) is 0 Å². The molecular formula is C21H25FN2O4S2. The summed E-state index contributed by atoms with van der Waals surface area (Å²) < 4.78 is 45.3. The van der Waals surface area contributed by atoms with E-state index >= 15 is 0 Å². The summed E-state index contributed by atoms with van der Waals surface area (Å²) in [5.74, 6) is 0.259. The minimum Gasteiger partial charge on any atom is -0.497 e. The molecule has 162 valence electrons. The van der Waals surface area contributed by atoms with E-state index in [1.807, 2.05) is 31.2 Å². The van der Waals surface area contributed by atoms with Gasteiger partial charge in [0.1, 0.15) is 11.6 Å². The number of sulfonamides is 1.